The van der Waals surface area contributed by atoms with Crippen LogP contribution in [0.1, 0.15) is 22.3 Å². The molecule has 13 rings (SSSR count). The average molecular weight is 879 g/mol. The van der Waals surface area contributed by atoms with Crippen LogP contribution in [0.5, 0.6) is 0 Å². The first-order valence-corrected chi connectivity index (χ1v) is 23.8. The number of rotatable bonds is 9. The van der Waals surface area contributed by atoms with Gasteiger partial charge in [0, 0.05) is 33.5 Å². The zero-order valence-electron chi connectivity index (χ0n) is 38.0. The third kappa shape index (κ3) is 6.72. The van der Waals surface area contributed by atoms with E-state index in [0.29, 0.717) is 0 Å². The van der Waals surface area contributed by atoms with Gasteiger partial charge in [0.05, 0.1) is 16.4 Å². The van der Waals surface area contributed by atoms with E-state index in [-0.39, 0.29) is 0 Å². The predicted molar refractivity (Wildman–Crippen MR) is 289 cm³/mol. The van der Waals surface area contributed by atoms with Crippen molar-refractivity contribution in [3.8, 4) is 50.2 Å². The molecule has 0 unspecified atom stereocenters. The third-order valence-corrected chi connectivity index (χ3v) is 14.2. The molecule has 11 aromatic carbocycles. The lowest BCUT2D eigenvalue weighted by Crippen LogP contribution is -2.28. The van der Waals surface area contributed by atoms with E-state index in [1.54, 1.807) is 0 Å². The fourth-order valence-electron chi connectivity index (χ4n) is 11.2. The van der Waals surface area contributed by atoms with E-state index in [1.807, 2.05) is 0 Å². The van der Waals surface area contributed by atoms with Crippen LogP contribution >= 0.6 is 0 Å². The minimum absolute atomic E-state index is 0.525. The summed E-state index contributed by atoms with van der Waals surface area (Å²) in [7, 11) is 0. The molecule has 12 aromatic rings. The Kier molecular flexibility index (Phi) is 9.77. The molecule has 0 N–H and O–H groups in total. The van der Waals surface area contributed by atoms with Crippen molar-refractivity contribution in [2.24, 2.45) is 0 Å². The Bertz CT molecular complexity index is 3790. The van der Waals surface area contributed by atoms with Crippen LogP contribution < -0.4 is 4.90 Å². The molecular formula is C67H46N2. The predicted octanol–water partition coefficient (Wildman–Crippen LogP) is 17.6. The molecular weight excluding hydrogens is 833 g/mol. The summed E-state index contributed by atoms with van der Waals surface area (Å²) < 4.78 is 2.39. The second-order valence-corrected chi connectivity index (χ2v) is 18.1. The highest BCUT2D eigenvalue weighted by Crippen LogP contribution is 2.57. The smallest absolute Gasteiger partial charge is 0.0714 e. The summed E-state index contributed by atoms with van der Waals surface area (Å²) in [4.78, 5) is 2.44. The number of aromatic nitrogens is 1. The summed E-state index contributed by atoms with van der Waals surface area (Å²) in [6.45, 7) is 0. The van der Waals surface area contributed by atoms with E-state index in [0.717, 1.165) is 33.9 Å². The van der Waals surface area contributed by atoms with E-state index in [1.165, 1.54) is 77.4 Å². The number of para-hydroxylation sites is 2. The van der Waals surface area contributed by atoms with E-state index in [9.17, 15) is 0 Å². The lowest BCUT2D eigenvalue weighted by atomic mass is 9.67. The number of anilines is 3. The fraction of sp³-hybridized carbons (Fsp3) is 0.0149. The molecule has 0 spiro atoms. The van der Waals surface area contributed by atoms with Crippen molar-refractivity contribution in [1.82, 2.24) is 4.57 Å². The van der Waals surface area contributed by atoms with E-state index >= 15 is 0 Å². The van der Waals surface area contributed by atoms with Gasteiger partial charge in [-0.3, -0.25) is 0 Å². The molecule has 1 heterocycles. The minimum Gasteiger partial charge on any atom is -0.310 e. The molecule has 0 aliphatic heterocycles. The number of hydrogen-bond acceptors (Lipinski definition) is 1. The van der Waals surface area contributed by atoms with Crippen LogP contribution in [-0.4, -0.2) is 4.57 Å². The van der Waals surface area contributed by atoms with Crippen molar-refractivity contribution < 1.29 is 0 Å². The number of benzene rings is 11. The lowest BCUT2D eigenvalue weighted by molar-refractivity contribution is 0.768. The molecule has 1 aromatic heterocycles. The van der Waals surface area contributed by atoms with Crippen molar-refractivity contribution in [3.05, 3.63) is 301 Å². The molecule has 0 atom stereocenters. The van der Waals surface area contributed by atoms with Gasteiger partial charge in [0.25, 0.3) is 0 Å². The summed E-state index contributed by atoms with van der Waals surface area (Å²) in [6.07, 6.45) is 0. The molecule has 0 radical (unpaired) electrons. The zero-order chi connectivity index (χ0) is 45.7. The summed E-state index contributed by atoms with van der Waals surface area (Å²) in [5.74, 6) is 0. The van der Waals surface area contributed by atoms with Gasteiger partial charge in [0.2, 0.25) is 0 Å². The van der Waals surface area contributed by atoms with Crippen molar-refractivity contribution in [2.45, 2.75) is 5.41 Å². The van der Waals surface area contributed by atoms with Crippen LogP contribution in [-0.2, 0) is 5.41 Å². The largest absolute Gasteiger partial charge is 0.310 e. The standard InChI is InChI=1S/C67H46N2/c1-5-20-47(21-6-1)50-24-18-32-56(43-50)68(58-39-41-60-59-34-13-15-36-63(59)67(64(60)46-58,53-26-7-2-8-27-53)54-28-9-3-10-29-54)57-33-19-25-51(44-57)48-22-17-23-49(42-48)52-38-40-62-61-35-14-16-37-65(61)69(66(62)45-52)55-30-11-4-12-31-55/h1-46H. The maximum absolute atomic E-state index is 2.46. The second kappa shape index (κ2) is 16.7. The number of hydrogen-bond donors (Lipinski definition) is 0. The van der Waals surface area contributed by atoms with Gasteiger partial charge in [0.15, 0.2) is 0 Å². The molecule has 2 nitrogen and oxygen atoms in total. The van der Waals surface area contributed by atoms with Crippen molar-refractivity contribution in [1.29, 1.82) is 0 Å². The van der Waals surface area contributed by atoms with E-state index in [2.05, 4.69) is 289 Å². The van der Waals surface area contributed by atoms with Crippen LogP contribution in [0.15, 0.2) is 279 Å². The van der Waals surface area contributed by atoms with Gasteiger partial charge in [0.1, 0.15) is 0 Å². The molecule has 69 heavy (non-hydrogen) atoms. The number of fused-ring (bicyclic) bond motifs is 6. The number of nitrogens with zero attached hydrogens (tertiary/aromatic N) is 2. The molecule has 0 fully saturated rings. The van der Waals surface area contributed by atoms with Gasteiger partial charge in [-0.05, 0) is 133 Å². The molecule has 2 heteroatoms. The lowest BCUT2D eigenvalue weighted by Gasteiger charge is -2.35. The Balaban J connectivity index is 0.971. The fourth-order valence-corrected chi connectivity index (χ4v) is 11.2. The Morgan fingerprint density at radius 1 is 0.275 bits per heavy atom. The molecule has 324 valence electrons. The Labute approximate surface area is 403 Å². The first-order valence-electron chi connectivity index (χ1n) is 23.8. The Morgan fingerprint density at radius 2 is 0.754 bits per heavy atom. The minimum atomic E-state index is -0.525. The van der Waals surface area contributed by atoms with Crippen molar-refractivity contribution in [2.75, 3.05) is 4.90 Å². The molecule has 0 saturated heterocycles. The monoisotopic (exact) mass is 878 g/mol. The molecule has 1 aliphatic carbocycles. The van der Waals surface area contributed by atoms with Crippen LogP contribution in [0.25, 0.3) is 72.0 Å². The maximum atomic E-state index is 2.46. The van der Waals surface area contributed by atoms with Crippen LogP contribution in [0.4, 0.5) is 17.1 Å². The molecule has 0 bridgehead atoms. The molecule has 0 saturated carbocycles. The quantitative estimate of drug-likeness (QED) is 0.140. The Morgan fingerprint density at radius 3 is 1.43 bits per heavy atom. The third-order valence-electron chi connectivity index (χ3n) is 14.2. The summed E-state index contributed by atoms with van der Waals surface area (Å²) >= 11 is 0. The van der Waals surface area contributed by atoms with Crippen LogP contribution in [0.2, 0.25) is 0 Å². The highest BCUT2D eigenvalue weighted by Gasteiger charge is 2.46. The van der Waals surface area contributed by atoms with Crippen molar-refractivity contribution >= 4 is 38.9 Å². The van der Waals surface area contributed by atoms with Gasteiger partial charge < -0.3 is 9.47 Å². The molecule has 0 amide bonds. The maximum Gasteiger partial charge on any atom is 0.0714 e. The highest BCUT2D eigenvalue weighted by molar-refractivity contribution is 6.10. The first kappa shape index (κ1) is 40.3. The normalized spacial score (nSPS) is 12.5. The van der Waals surface area contributed by atoms with Crippen molar-refractivity contribution in [3.63, 3.8) is 0 Å². The Hall–Kier alpha value is -8.98. The zero-order valence-corrected chi connectivity index (χ0v) is 38.0. The van der Waals surface area contributed by atoms with Crippen LogP contribution in [0.3, 0.4) is 0 Å². The second-order valence-electron chi connectivity index (χ2n) is 18.1. The van der Waals surface area contributed by atoms with Gasteiger partial charge in [-0.2, -0.15) is 0 Å². The SMILES string of the molecule is c1ccc(-c2cccc(N(c3cccc(-c4cccc(-c5ccc6c7ccccc7n(-c7ccccc7)c6c5)c4)c3)c3ccc4c(c3)C(c3ccccc3)(c3ccccc3)c3ccccc3-4)c2)cc1. The first-order chi connectivity index (χ1) is 34.2. The summed E-state index contributed by atoms with van der Waals surface area (Å²) in [6, 6.07) is 102. The van der Waals surface area contributed by atoms with E-state index < -0.39 is 5.41 Å². The van der Waals surface area contributed by atoms with Gasteiger partial charge in [-0.15, -0.1) is 0 Å². The summed E-state index contributed by atoms with van der Waals surface area (Å²) in [5.41, 5.74) is 20.9. The van der Waals surface area contributed by atoms with Gasteiger partial charge in [-0.1, -0.05) is 212 Å². The molecule has 1 aliphatic rings. The van der Waals surface area contributed by atoms with Gasteiger partial charge in [-0.25, -0.2) is 0 Å². The average Bonchev–Trinajstić information content (AvgIpc) is 3.92. The van der Waals surface area contributed by atoms with Crippen LogP contribution in [0, 0.1) is 0 Å². The van der Waals surface area contributed by atoms with Gasteiger partial charge >= 0.3 is 0 Å². The summed E-state index contributed by atoms with van der Waals surface area (Å²) in [5, 5.41) is 2.50. The van der Waals surface area contributed by atoms with E-state index in [4.69, 9.17) is 0 Å². The highest BCUT2D eigenvalue weighted by atomic mass is 15.1. The topological polar surface area (TPSA) is 8.17 Å².